The van der Waals surface area contributed by atoms with Crippen molar-refractivity contribution in [1.82, 2.24) is 0 Å². The Morgan fingerprint density at radius 2 is 1.68 bits per heavy atom. The summed E-state index contributed by atoms with van der Waals surface area (Å²) >= 11 is 5.34. The lowest BCUT2D eigenvalue weighted by Gasteiger charge is -2.10. The number of alkyl halides is 1. The quantitative estimate of drug-likeness (QED) is 0.694. The van der Waals surface area contributed by atoms with Gasteiger partial charge in [-0.05, 0) is 18.2 Å². The summed E-state index contributed by atoms with van der Waals surface area (Å²) in [4.78, 5) is 1.26. The fourth-order valence-electron chi connectivity index (χ4n) is 2.06. The van der Waals surface area contributed by atoms with E-state index in [1.165, 1.54) is 10.5 Å². The minimum absolute atomic E-state index is 0.921. The van der Waals surface area contributed by atoms with Crippen LogP contribution in [0.15, 0.2) is 48.5 Å². The van der Waals surface area contributed by atoms with E-state index in [-0.39, 0.29) is 0 Å². The molecule has 1 aliphatic rings. The lowest BCUT2D eigenvalue weighted by atomic mass is 10.1. The van der Waals surface area contributed by atoms with Crippen molar-refractivity contribution in [2.75, 3.05) is 11.1 Å². The molecule has 0 spiro atoms. The van der Waals surface area contributed by atoms with E-state index >= 15 is 0 Å². The summed E-state index contributed by atoms with van der Waals surface area (Å²) in [5.74, 6) is 2.90. The summed E-state index contributed by atoms with van der Waals surface area (Å²) in [6, 6.07) is 16.4. The van der Waals surface area contributed by atoms with Crippen LogP contribution in [0, 0.1) is 0 Å². The second-order valence-electron chi connectivity index (χ2n) is 4.18. The molecule has 3 rings (SSSR count). The number of halogens is 1. The van der Waals surface area contributed by atoms with Gasteiger partial charge in [0, 0.05) is 27.1 Å². The average molecular weight is 333 g/mol. The molecule has 0 atom stereocenters. The molecule has 2 aromatic rings. The summed E-state index contributed by atoms with van der Waals surface area (Å²) < 4.78 is 6.04. The van der Waals surface area contributed by atoms with Crippen molar-refractivity contribution < 1.29 is 4.74 Å². The largest absolute Gasteiger partial charge is 0.456 e. The third-order valence-electron chi connectivity index (χ3n) is 2.91. The molecule has 0 bridgehead atoms. The Morgan fingerprint density at radius 1 is 0.947 bits per heavy atom. The van der Waals surface area contributed by atoms with E-state index in [0.717, 1.165) is 28.1 Å². The molecular weight excluding hydrogens is 320 g/mol. The van der Waals surface area contributed by atoms with Gasteiger partial charge in [-0.3, -0.25) is 0 Å². The Kier molecular flexibility index (Phi) is 3.95. The van der Waals surface area contributed by atoms with Gasteiger partial charge in [0.25, 0.3) is 0 Å². The van der Waals surface area contributed by atoms with Crippen LogP contribution in [0.25, 0.3) is 11.0 Å². The molecule has 0 radical (unpaired) electrons. The number of thioether (sulfide) groups is 1. The van der Waals surface area contributed by atoms with Gasteiger partial charge < -0.3 is 4.74 Å². The van der Waals surface area contributed by atoms with Crippen molar-refractivity contribution in [2.45, 2.75) is 0 Å². The van der Waals surface area contributed by atoms with Crippen LogP contribution in [0.1, 0.15) is 11.1 Å². The smallest absolute Gasteiger partial charge is 0.135 e. The fourth-order valence-corrected chi connectivity index (χ4v) is 3.37. The average Bonchev–Trinajstić information content (AvgIpc) is 2.61. The third kappa shape index (κ3) is 2.72. The second kappa shape index (κ2) is 5.85. The Hall–Kier alpha value is -1.19. The van der Waals surface area contributed by atoms with E-state index in [4.69, 9.17) is 4.74 Å². The monoisotopic (exact) mass is 332 g/mol. The van der Waals surface area contributed by atoms with Gasteiger partial charge in [-0.25, -0.2) is 0 Å². The first-order valence-corrected chi connectivity index (χ1v) is 8.26. The van der Waals surface area contributed by atoms with Crippen LogP contribution in [-0.4, -0.2) is 11.1 Å². The first kappa shape index (κ1) is 12.8. The summed E-state index contributed by atoms with van der Waals surface area (Å²) in [5, 5.41) is 0.986. The minimum atomic E-state index is 0.921. The Balaban J connectivity index is 2.11. The van der Waals surface area contributed by atoms with Gasteiger partial charge in [-0.2, -0.15) is 0 Å². The van der Waals surface area contributed by atoms with E-state index in [0.29, 0.717) is 0 Å². The predicted octanol–water partition coefficient (Wildman–Crippen LogP) is 5.42. The van der Waals surface area contributed by atoms with Crippen LogP contribution >= 0.6 is 27.7 Å². The van der Waals surface area contributed by atoms with E-state index < -0.39 is 0 Å². The van der Waals surface area contributed by atoms with Crippen molar-refractivity contribution in [3.63, 3.8) is 0 Å². The highest BCUT2D eigenvalue weighted by Crippen LogP contribution is 2.42. The van der Waals surface area contributed by atoms with Gasteiger partial charge in [0.15, 0.2) is 0 Å². The summed E-state index contributed by atoms with van der Waals surface area (Å²) in [5.41, 5.74) is 2.31. The van der Waals surface area contributed by atoms with Gasteiger partial charge in [0.2, 0.25) is 0 Å². The third-order valence-corrected chi connectivity index (χ3v) is 4.89. The van der Waals surface area contributed by atoms with Gasteiger partial charge >= 0.3 is 0 Å². The lowest BCUT2D eigenvalue weighted by molar-refractivity contribution is 0.481. The molecule has 0 aromatic heterocycles. The van der Waals surface area contributed by atoms with Gasteiger partial charge in [0.1, 0.15) is 11.5 Å². The van der Waals surface area contributed by atoms with Gasteiger partial charge in [0.05, 0.1) is 0 Å². The standard InChI is InChI=1S/C16H13BrOS/c17-9-10-19-16-11-12-5-1-3-7-14(12)18-15-8-4-2-6-13(15)16/h1-8,11H,9-10H2. The van der Waals surface area contributed by atoms with Crippen molar-refractivity contribution in [2.24, 2.45) is 0 Å². The fraction of sp³-hybridized carbons (Fsp3) is 0.125. The van der Waals surface area contributed by atoms with E-state index in [2.05, 4.69) is 40.2 Å². The molecule has 0 unspecified atom stereocenters. The second-order valence-corrected chi connectivity index (χ2v) is 6.11. The summed E-state index contributed by atoms with van der Waals surface area (Å²) in [7, 11) is 0. The molecule has 2 aromatic carbocycles. The molecule has 3 heteroatoms. The Labute approximate surface area is 125 Å². The molecule has 0 N–H and O–H groups in total. The summed E-state index contributed by atoms with van der Waals surface area (Å²) in [6.07, 6.45) is 2.22. The van der Waals surface area contributed by atoms with E-state index in [1.54, 1.807) is 0 Å². The molecule has 1 heterocycles. The first-order chi connectivity index (χ1) is 9.38. The highest BCUT2D eigenvalue weighted by Gasteiger charge is 2.15. The number of benzene rings is 2. The maximum absolute atomic E-state index is 6.04. The Morgan fingerprint density at radius 3 is 2.53 bits per heavy atom. The number of ether oxygens (including phenoxy) is 1. The molecule has 0 saturated carbocycles. The van der Waals surface area contributed by atoms with Crippen molar-refractivity contribution >= 4 is 38.7 Å². The number of hydrogen-bond acceptors (Lipinski definition) is 2. The van der Waals surface area contributed by atoms with Gasteiger partial charge in [-0.1, -0.05) is 52.3 Å². The zero-order chi connectivity index (χ0) is 13.1. The summed E-state index contributed by atoms with van der Waals surface area (Å²) in [6.45, 7) is 0. The van der Waals surface area contributed by atoms with Crippen molar-refractivity contribution in [3.05, 3.63) is 59.7 Å². The van der Waals surface area contributed by atoms with Crippen molar-refractivity contribution in [1.29, 1.82) is 0 Å². The molecule has 0 amide bonds. The van der Waals surface area contributed by atoms with E-state index in [9.17, 15) is 0 Å². The maximum Gasteiger partial charge on any atom is 0.135 e. The van der Waals surface area contributed by atoms with Gasteiger partial charge in [-0.15, -0.1) is 11.8 Å². The van der Waals surface area contributed by atoms with Crippen molar-refractivity contribution in [3.8, 4) is 11.5 Å². The van der Waals surface area contributed by atoms with Crippen LogP contribution in [0.3, 0.4) is 0 Å². The molecule has 96 valence electrons. The molecule has 0 saturated heterocycles. The number of hydrogen-bond donors (Lipinski definition) is 0. The number of para-hydroxylation sites is 2. The Bertz CT molecular complexity index is 622. The first-order valence-electron chi connectivity index (χ1n) is 6.15. The minimum Gasteiger partial charge on any atom is -0.456 e. The van der Waals surface area contributed by atoms with Crippen LogP contribution in [0.5, 0.6) is 11.5 Å². The van der Waals surface area contributed by atoms with Crippen LogP contribution in [0.2, 0.25) is 0 Å². The molecule has 0 aliphatic carbocycles. The van der Waals surface area contributed by atoms with Crippen LogP contribution in [0.4, 0.5) is 0 Å². The molecule has 0 fully saturated rings. The van der Waals surface area contributed by atoms with Crippen LogP contribution < -0.4 is 4.74 Å². The highest BCUT2D eigenvalue weighted by molar-refractivity contribution is 9.09. The zero-order valence-corrected chi connectivity index (χ0v) is 12.7. The maximum atomic E-state index is 6.04. The molecular formula is C16H13BrOS. The molecule has 19 heavy (non-hydrogen) atoms. The zero-order valence-electron chi connectivity index (χ0n) is 10.3. The normalized spacial score (nSPS) is 12.8. The lowest BCUT2D eigenvalue weighted by Crippen LogP contribution is -1.88. The predicted molar refractivity (Wildman–Crippen MR) is 87.1 cm³/mol. The topological polar surface area (TPSA) is 9.23 Å². The van der Waals surface area contributed by atoms with E-state index in [1.807, 2.05) is 42.1 Å². The highest BCUT2D eigenvalue weighted by atomic mass is 79.9. The van der Waals surface area contributed by atoms with Crippen LogP contribution in [-0.2, 0) is 0 Å². The molecule has 1 nitrogen and oxygen atoms in total. The number of rotatable bonds is 3. The molecule has 1 aliphatic heterocycles. The SMILES string of the molecule is BrCCSC1=Cc2ccccc2Oc2ccccc21. The number of fused-ring (bicyclic) bond motifs is 2.